The van der Waals surface area contributed by atoms with E-state index in [4.69, 9.17) is 0 Å². The molecule has 0 spiro atoms. The van der Waals surface area contributed by atoms with E-state index in [0.717, 1.165) is 0 Å². The van der Waals surface area contributed by atoms with Crippen molar-refractivity contribution in [3.8, 4) is 0 Å². The van der Waals surface area contributed by atoms with E-state index in [-0.39, 0.29) is 6.03 Å². The van der Waals surface area contributed by atoms with Crippen LogP contribution in [0.5, 0.6) is 0 Å². The van der Waals surface area contributed by atoms with Crippen LogP contribution in [0.2, 0.25) is 0 Å². The van der Waals surface area contributed by atoms with E-state index in [2.05, 4.69) is 4.99 Å². The molecular weight excluding hydrogens is 92.1 g/mol. The van der Waals surface area contributed by atoms with Gasteiger partial charge in [-0.3, -0.25) is 0 Å². The second-order valence-electron chi connectivity index (χ2n) is 1.47. The summed E-state index contributed by atoms with van der Waals surface area (Å²) in [7, 11) is 1.72. The first-order chi connectivity index (χ1) is 3.30. The van der Waals surface area contributed by atoms with Gasteiger partial charge in [-0.2, -0.15) is 0 Å². The van der Waals surface area contributed by atoms with Gasteiger partial charge in [-0.15, -0.1) is 0 Å². The second-order valence-corrected chi connectivity index (χ2v) is 1.47. The summed E-state index contributed by atoms with van der Waals surface area (Å²) in [6.45, 7) is 0.666. The van der Waals surface area contributed by atoms with Crippen LogP contribution < -0.4 is 0 Å². The number of nitrogens with zero attached hydrogens (tertiary/aromatic N) is 2. The summed E-state index contributed by atoms with van der Waals surface area (Å²) >= 11 is 0. The summed E-state index contributed by atoms with van der Waals surface area (Å²) in [4.78, 5) is 15.3. The Hall–Kier alpha value is -0.860. The molecule has 38 valence electrons. The average molecular weight is 98.1 g/mol. The fourth-order valence-electron chi connectivity index (χ4n) is 0.418. The first-order valence-corrected chi connectivity index (χ1v) is 2.08. The van der Waals surface area contributed by atoms with Gasteiger partial charge in [-0.1, -0.05) is 0 Å². The fourth-order valence-corrected chi connectivity index (χ4v) is 0.418. The molecule has 0 bridgehead atoms. The molecule has 0 aliphatic carbocycles. The molecule has 0 N–H and O–H groups in total. The summed E-state index contributed by atoms with van der Waals surface area (Å²) in [6.07, 6.45) is 1.60. The molecule has 3 nitrogen and oxygen atoms in total. The number of carbonyl (C=O) groups excluding carboxylic acids is 1. The van der Waals surface area contributed by atoms with Gasteiger partial charge in [0.05, 0.1) is 6.54 Å². The van der Waals surface area contributed by atoms with Crippen LogP contribution in [-0.4, -0.2) is 30.7 Å². The minimum Gasteiger partial charge on any atom is -0.321 e. The van der Waals surface area contributed by atoms with Gasteiger partial charge in [0, 0.05) is 13.3 Å². The van der Waals surface area contributed by atoms with E-state index < -0.39 is 0 Å². The highest BCUT2D eigenvalue weighted by Gasteiger charge is 2.08. The number of hydrogen-bond acceptors (Lipinski definition) is 1. The van der Waals surface area contributed by atoms with Crippen LogP contribution in [0, 0.1) is 0 Å². The molecule has 0 atom stereocenters. The summed E-state index contributed by atoms with van der Waals surface area (Å²) < 4.78 is 0. The largest absolute Gasteiger partial charge is 0.343 e. The third-order valence-corrected chi connectivity index (χ3v) is 0.884. The van der Waals surface area contributed by atoms with Gasteiger partial charge in [0.2, 0.25) is 0 Å². The molecule has 1 aliphatic rings. The molecule has 0 aromatic heterocycles. The minimum absolute atomic E-state index is 0.139. The zero-order valence-electron chi connectivity index (χ0n) is 4.09. The Morgan fingerprint density at radius 3 is 2.86 bits per heavy atom. The quantitative estimate of drug-likeness (QED) is 0.423. The molecule has 0 aromatic carbocycles. The molecule has 0 saturated heterocycles. The van der Waals surface area contributed by atoms with E-state index in [1.165, 1.54) is 0 Å². The van der Waals surface area contributed by atoms with Gasteiger partial charge in [0.15, 0.2) is 0 Å². The zero-order chi connectivity index (χ0) is 5.28. The van der Waals surface area contributed by atoms with Crippen LogP contribution in [0.4, 0.5) is 4.79 Å². The highest BCUT2D eigenvalue weighted by atomic mass is 16.2. The molecule has 0 aromatic rings. The van der Waals surface area contributed by atoms with E-state index >= 15 is 0 Å². The monoisotopic (exact) mass is 98.0 g/mol. The molecule has 1 rings (SSSR count). The zero-order valence-corrected chi connectivity index (χ0v) is 4.09. The summed E-state index contributed by atoms with van der Waals surface area (Å²) in [5.41, 5.74) is 0. The lowest BCUT2D eigenvalue weighted by Gasteiger charge is -2.01. The summed E-state index contributed by atoms with van der Waals surface area (Å²) in [6, 6.07) is -0.139. The number of urea groups is 1. The van der Waals surface area contributed by atoms with Crippen LogP contribution >= 0.6 is 0 Å². The number of rotatable bonds is 0. The van der Waals surface area contributed by atoms with Gasteiger partial charge in [0.25, 0.3) is 0 Å². The Balaban J connectivity index is 2.62. The van der Waals surface area contributed by atoms with Crippen molar-refractivity contribution in [2.75, 3.05) is 13.6 Å². The fraction of sp³-hybridized carbons (Fsp3) is 0.500. The number of amides is 2. The molecule has 0 unspecified atom stereocenters. The van der Waals surface area contributed by atoms with Gasteiger partial charge >= 0.3 is 6.03 Å². The molecule has 3 heteroatoms. The van der Waals surface area contributed by atoms with Gasteiger partial charge in [0.1, 0.15) is 0 Å². The lowest BCUT2D eigenvalue weighted by atomic mass is 10.7. The first kappa shape index (κ1) is 4.30. The smallest absolute Gasteiger partial charge is 0.321 e. The van der Waals surface area contributed by atoms with Crippen molar-refractivity contribution in [1.82, 2.24) is 4.90 Å². The normalized spacial score (nSPS) is 19.0. The third-order valence-electron chi connectivity index (χ3n) is 0.884. The molecule has 0 saturated carbocycles. The van der Waals surface area contributed by atoms with Gasteiger partial charge in [-0.05, 0) is 0 Å². The maximum absolute atomic E-state index is 10.3. The van der Waals surface area contributed by atoms with Crippen LogP contribution in [0.25, 0.3) is 0 Å². The van der Waals surface area contributed by atoms with Crippen LogP contribution in [0.15, 0.2) is 4.99 Å². The Bertz CT molecular complexity index is 119. The Morgan fingerprint density at radius 1 is 2.00 bits per heavy atom. The van der Waals surface area contributed by atoms with Crippen LogP contribution in [-0.2, 0) is 0 Å². The van der Waals surface area contributed by atoms with Crippen LogP contribution in [0.1, 0.15) is 0 Å². The SMILES string of the molecule is CN1CC=NC1=O. The molecular formula is C4H6N2O. The van der Waals surface area contributed by atoms with Crippen molar-refractivity contribution in [1.29, 1.82) is 0 Å². The topological polar surface area (TPSA) is 32.7 Å². The maximum Gasteiger partial charge on any atom is 0.343 e. The van der Waals surface area contributed by atoms with E-state index in [1.54, 1.807) is 18.2 Å². The van der Waals surface area contributed by atoms with Gasteiger partial charge < -0.3 is 4.90 Å². The Morgan fingerprint density at radius 2 is 2.71 bits per heavy atom. The standard InChI is InChI=1S/C4H6N2O/c1-6-3-2-5-4(6)7/h2H,3H2,1H3. The van der Waals surface area contributed by atoms with Crippen molar-refractivity contribution in [2.45, 2.75) is 0 Å². The molecule has 0 radical (unpaired) electrons. The summed E-state index contributed by atoms with van der Waals surface area (Å²) in [5.74, 6) is 0. The average Bonchev–Trinajstić information content (AvgIpc) is 1.91. The van der Waals surface area contributed by atoms with E-state index in [9.17, 15) is 4.79 Å². The predicted molar refractivity (Wildman–Crippen MR) is 26.5 cm³/mol. The van der Waals surface area contributed by atoms with Crippen molar-refractivity contribution in [2.24, 2.45) is 4.99 Å². The van der Waals surface area contributed by atoms with E-state index in [0.29, 0.717) is 6.54 Å². The molecule has 0 fully saturated rings. The summed E-state index contributed by atoms with van der Waals surface area (Å²) in [5, 5.41) is 0. The predicted octanol–water partition coefficient (Wildman–Crippen LogP) is 0.123. The van der Waals surface area contributed by atoms with Crippen molar-refractivity contribution < 1.29 is 4.79 Å². The maximum atomic E-state index is 10.3. The Kier molecular flexibility index (Phi) is 0.817. The highest BCUT2D eigenvalue weighted by Crippen LogP contribution is 1.91. The highest BCUT2D eigenvalue weighted by molar-refractivity contribution is 5.90. The molecule has 1 aliphatic heterocycles. The lowest BCUT2D eigenvalue weighted by molar-refractivity contribution is 0.228. The Labute approximate surface area is 41.6 Å². The molecule has 1 heterocycles. The third kappa shape index (κ3) is 0.607. The van der Waals surface area contributed by atoms with Crippen molar-refractivity contribution in [3.05, 3.63) is 0 Å². The van der Waals surface area contributed by atoms with Gasteiger partial charge in [-0.25, -0.2) is 9.79 Å². The second kappa shape index (κ2) is 1.33. The first-order valence-electron chi connectivity index (χ1n) is 2.08. The number of carbonyl (C=O) groups is 1. The minimum atomic E-state index is -0.139. The number of aliphatic imine (C=N–C) groups is 1. The van der Waals surface area contributed by atoms with Crippen molar-refractivity contribution >= 4 is 12.2 Å². The van der Waals surface area contributed by atoms with Crippen molar-refractivity contribution in [3.63, 3.8) is 0 Å². The van der Waals surface area contributed by atoms with E-state index in [1.807, 2.05) is 0 Å². The number of hydrogen-bond donors (Lipinski definition) is 0. The molecule has 2 amide bonds. The molecule has 7 heavy (non-hydrogen) atoms. The lowest BCUT2D eigenvalue weighted by Crippen LogP contribution is -2.18. The van der Waals surface area contributed by atoms with Crippen LogP contribution in [0.3, 0.4) is 0 Å².